The van der Waals surface area contributed by atoms with Gasteiger partial charge < -0.3 is 10.4 Å². The third kappa shape index (κ3) is 3.69. The first-order chi connectivity index (χ1) is 13.6. The van der Waals surface area contributed by atoms with Crippen LogP contribution >= 0.6 is 0 Å². The SMILES string of the molecule is O=C(N[C@@H](Cc1ccc2ccccc2n1)C(=O)O)c1ccc2ccccc2c1. The molecule has 1 atom stereocenters. The molecule has 4 rings (SSSR count). The van der Waals surface area contributed by atoms with E-state index in [1.807, 2.05) is 60.7 Å². The maximum Gasteiger partial charge on any atom is 0.326 e. The zero-order chi connectivity index (χ0) is 19.5. The van der Waals surface area contributed by atoms with Gasteiger partial charge in [-0.15, -0.1) is 0 Å². The smallest absolute Gasteiger partial charge is 0.326 e. The summed E-state index contributed by atoms with van der Waals surface area (Å²) in [5.74, 6) is -1.51. The number of hydrogen-bond donors (Lipinski definition) is 2. The summed E-state index contributed by atoms with van der Waals surface area (Å²) in [6.07, 6.45) is 0.111. The van der Waals surface area contributed by atoms with E-state index < -0.39 is 17.9 Å². The van der Waals surface area contributed by atoms with Gasteiger partial charge in [0.25, 0.3) is 5.91 Å². The number of fused-ring (bicyclic) bond motifs is 2. The Morgan fingerprint density at radius 3 is 2.32 bits per heavy atom. The standard InChI is InChI=1S/C23H18N2O3/c26-22(18-10-9-15-5-1-2-7-17(15)13-18)25-21(23(27)28)14-19-12-11-16-6-3-4-8-20(16)24-19/h1-13,21H,14H2,(H,25,26)(H,27,28)/t21-/m0/s1. The molecule has 1 amide bonds. The first-order valence-electron chi connectivity index (χ1n) is 8.97. The van der Waals surface area contributed by atoms with E-state index in [0.29, 0.717) is 11.3 Å². The zero-order valence-corrected chi connectivity index (χ0v) is 15.0. The van der Waals surface area contributed by atoms with E-state index in [1.54, 1.807) is 18.2 Å². The second-order valence-corrected chi connectivity index (χ2v) is 6.63. The minimum absolute atomic E-state index is 0.111. The number of nitrogens with one attached hydrogen (secondary N) is 1. The van der Waals surface area contributed by atoms with E-state index in [4.69, 9.17) is 0 Å². The number of carbonyl (C=O) groups excluding carboxylic acids is 1. The molecule has 0 spiro atoms. The number of rotatable bonds is 5. The average Bonchev–Trinajstić information content (AvgIpc) is 2.72. The fraction of sp³-hybridized carbons (Fsp3) is 0.0870. The molecule has 0 aliphatic rings. The summed E-state index contributed by atoms with van der Waals surface area (Å²) in [6.45, 7) is 0. The second-order valence-electron chi connectivity index (χ2n) is 6.63. The van der Waals surface area contributed by atoms with E-state index in [2.05, 4.69) is 10.3 Å². The molecule has 0 bridgehead atoms. The van der Waals surface area contributed by atoms with Gasteiger partial charge in [0.05, 0.1) is 5.52 Å². The summed E-state index contributed by atoms with van der Waals surface area (Å²) < 4.78 is 0. The van der Waals surface area contributed by atoms with Crippen LogP contribution in [-0.2, 0) is 11.2 Å². The van der Waals surface area contributed by atoms with Crippen LogP contribution in [0.5, 0.6) is 0 Å². The summed E-state index contributed by atoms with van der Waals surface area (Å²) in [5, 5.41) is 15.1. The number of carboxylic acid groups (broad SMARTS) is 1. The van der Waals surface area contributed by atoms with E-state index in [0.717, 1.165) is 21.7 Å². The van der Waals surface area contributed by atoms with E-state index in [1.165, 1.54) is 0 Å². The highest BCUT2D eigenvalue weighted by molar-refractivity contribution is 6.00. The molecule has 28 heavy (non-hydrogen) atoms. The minimum atomic E-state index is -1.09. The third-order valence-corrected chi connectivity index (χ3v) is 4.68. The van der Waals surface area contributed by atoms with Gasteiger partial charge in [0.15, 0.2) is 0 Å². The van der Waals surface area contributed by atoms with Crippen molar-refractivity contribution in [1.82, 2.24) is 10.3 Å². The summed E-state index contributed by atoms with van der Waals surface area (Å²) in [7, 11) is 0. The van der Waals surface area contributed by atoms with Crippen molar-refractivity contribution >= 4 is 33.6 Å². The van der Waals surface area contributed by atoms with Crippen LogP contribution < -0.4 is 5.32 Å². The lowest BCUT2D eigenvalue weighted by molar-refractivity contribution is -0.139. The first-order valence-corrected chi connectivity index (χ1v) is 8.97. The molecule has 0 unspecified atom stereocenters. The van der Waals surface area contributed by atoms with Crippen LogP contribution in [0.1, 0.15) is 16.1 Å². The van der Waals surface area contributed by atoms with Gasteiger partial charge in [-0.3, -0.25) is 9.78 Å². The molecule has 0 saturated carbocycles. The van der Waals surface area contributed by atoms with Crippen LogP contribution in [0.15, 0.2) is 78.9 Å². The molecule has 0 aliphatic carbocycles. The number of nitrogens with zero attached hydrogens (tertiary/aromatic N) is 1. The van der Waals surface area contributed by atoms with Crippen LogP contribution in [0.4, 0.5) is 0 Å². The van der Waals surface area contributed by atoms with E-state index >= 15 is 0 Å². The Morgan fingerprint density at radius 2 is 1.54 bits per heavy atom. The Labute approximate surface area is 161 Å². The van der Waals surface area contributed by atoms with Crippen molar-refractivity contribution in [2.75, 3.05) is 0 Å². The lowest BCUT2D eigenvalue weighted by Gasteiger charge is -2.15. The highest BCUT2D eigenvalue weighted by Crippen LogP contribution is 2.16. The largest absolute Gasteiger partial charge is 0.480 e. The van der Waals surface area contributed by atoms with Crippen molar-refractivity contribution in [2.45, 2.75) is 12.5 Å². The quantitative estimate of drug-likeness (QED) is 0.560. The molecular formula is C23H18N2O3. The van der Waals surface area contributed by atoms with E-state index in [-0.39, 0.29) is 6.42 Å². The molecule has 2 N–H and O–H groups in total. The van der Waals surface area contributed by atoms with Crippen molar-refractivity contribution < 1.29 is 14.7 Å². The number of aliphatic carboxylic acids is 1. The van der Waals surface area contributed by atoms with Crippen LogP contribution in [-0.4, -0.2) is 28.0 Å². The van der Waals surface area contributed by atoms with Crippen LogP contribution in [0.25, 0.3) is 21.7 Å². The highest BCUT2D eigenvalue weighted by Gasteiger charge is 2.22. The summed E-state index contributed by atoms with van der Waals surface area (Å²) in [5.41, 5.74) is 1.84. The van der Waals surface area contributed by atoms with Crippen molar-refractivity contribution in [1.29, 1.82) is 0 Å². The van der Waals surface area contributed by atoms with Crippen LogP contribution in [0.2, 0.25) is 0 Å². The van der Waals surface area contributed by atoms with Gasteiger partial charge in [-0.05, 0) is 35.0 Å². The molecule has 4 aromatic rings. The molecule has 0 aliphatic heterocycles. The van der Waals surface area contributed by atoms with E-state index in [9.17, 15) is 14.7 Å². The fourth-order valence-electron chi connectivity index (χ4n) is 3.20. The number of para-hydroxylation sites is 1. The number of carboxylic acids is 1. The maximum atomic E-state index is 12.6. The van der Waals surface area contributed by atoms with Crippen molar-refractivity contribution in [3.05, 3.63) is 90.1 Å². The van der Waals surface area contributed by atoms with Gasteiger partial charge >= 0.3 is 5.97 Å². The molecule has 1 heterocycles. The van der Waals surface area contributed by atoms with Crippen molar-refractivity contribution in [3.8, 4) is 0 Å². The summed E-state index contributed by atoms with van der Waals surface area (Å²) >= 11 is 0. The van der Waals surface area contributed by atoms with Crippen molar-refractivity contribution in [3.63, 3.8) is 0 Å². The topological polar surface area (TPSA) is 79.3 Å². The fourth-order valence-corrected chi connectivity index (χ4v) is 3.20. The number of aromatic nitrogens is 1. The maximum absolute atomic E-state index is 12.6. The minimum Gasteiger partial charge on any atom is -0.480 e. The van der Waals surface area contributed by atoms with Gasteiger partial charge in [-0.2, -0.15) is 0 Å². The lowest BCUT2D eigenvalue weighted by Crippen LogP contribution is -2.42. The molecule has 138 valence electrons. The van der Waals surface area contributed by atoms with Gasteiger partial charge in [0, 0.05) is 23.1 Å². The number of amides is 1. The average molecular weight is 370 g/mol. The second kappa shape index (κ2) is 7.48. The molecule has 5 heteroatoms. The summed E-state index contributed by atoms with van der Waals surface area (Å²) in [6, 6.07) is 23.3. The number of hydrogen-bond acceptors (Lipinski definition) is 3. The predicted molar refractivity (Wildman–Crippen MR) is 108 cm³/mol. The monoisotopic (exact) mass is 370 g/mol. The normalized spacial score (nSPS) is 12.0. The van der Waals surface area contributed by atoms with Crippen LogP contribution in [0, 0.1) is 0 Å². The Morgan fingerprint density at radius 1 is 0.857 bits per heavy atom. The molecule has 1 aromatic heterocycles. The van der Waals surface area contributed by atoms with Gasteiger partial charge in [0.2, 0.25) is 0 Å². The van der Waals surface area contributed by atoms with Gasteiger partial charge in [0.1, 0.15) is 6.04 Å². The third-order valence-electron chi connectivity index (χ3n) is 4.68. The van der Waals surface area contributed by atoms with Crippen LogP contribution in [0.3, 0.4) is 0 Å². The molecular weight excluding hydrogens is 352 g/mol. The van der Waals surface area contributed by atoms with Gasteiger partial charge in [-0.25, -0.2) is 4.79 Å². The van der Waals surface area contributed by atoms with Gasteiger partial charge in [-0.1, -0.05) is 54.6 Å². The summed E-state index contributed by atoms with van der Waals surface area (Å²) in [4.78, 5) is 28.8. The first kappa shape index (κ1) is 17.7. The molecule has 0 saturated heterocycles. The molecule has 0 radical (unpaired) electrons. The number of pyridine rings is 1. The lowest BCUT2D eigenvalue weighted by atomic mass is 10.1. The Balaban J connectivity index is 1.55. The number of carbonyl (C=O) groups is 2. The highest BCUT2D eigenvalue weighted by atomic mass is 16.4. The Hall–Kier alpha value is -3.73. The zero-order valence-electron chi connectivity index (χ0n) is 15.0. The Bertz CT molecular complexity index is 1190. The molecule has 0 fully saturated rings. The molecule has 5 nitrogen and oxygen atoms in total. The predicted octanol–water partition coefficient (Wildman–Crippen LogP) is 3.81. The number of benzene rings is 3. The Kier molecular flexibility index (Phi) is 4.72. The molecule has 3 aromatic carbocycles. The van der Waals surface area contributed by atoms with Crippen molar-refractivity contribution in [2.24, 2.45) is 0 Å².